The van der Waals surface area contributed by atoms with Crippen molar-refractivity contribution < 1.29 is 23.8 Å². The number of carbonyl (C=O) groups is 2. The van der Waals surface area contributed by atoms with Gasteiger partial charge in [0.15, 0.2) is 0 Å². The Labute approximate surface area is 210 Å². The van der Waals surface area contributed by atoms with Gasteiger partial charge in [-0.25, -0.2) is 0 Å². The molecule has 1 heterocycles. The van der Waals surface area contributed by atoms with Gasteiger partial charge in [0.1, 0.15) is 18.0 Å². The normalized spacial score (nSPS) is 10.6. The summed E-state index contributed by atoms with van der Waals surface area (Å²) >= 11 is 1.63. The van der Waals surface area contributed by atoms with Gasteiger partial charge in [0.05, 0.1) is 27.4 Å². The second-order valence-corrected chi connectivity index (χ2v) is 9.08. The fourth-order valence-corrected chi connectivity index (χ4v) is 4.53. The summed E-state index contributed by atoms with van der Waals surface area (Å²) in [5.41, 5.74) is 2.56. The molecular weight excluding hydrogens is 464 g/mol. The molecule has 0 saturated carbocycles. The van der Waals surface area contributed by atoms with Crippen molar-refractivity contribution in [3.63, 3.8) is 0 Å². The molecule has 0 bridgehead atoms. The fourth-order valence-electron chi connectivity index (χ4n) is 3.61. The second kappa shape index (κ2) is 12.9. The van der Waals surface area contributed by atoms with E-state index in [1.807, 2.05) is 42.6 Å². The van der Waals surface area contributed by atoms with Crippen molar-refractivity contribution in [1.82, 2.24) is 9.80 Å². The van der Waals surface area contributed by atoms with E-state index >= 15 is 0 Å². The molecule has 186 valence electrons. The molecule has 0 radical (unpaired) electrons. The maximum atomic E-state index is 13.6. The number of ether oxygens (including phenoxy) is 3. The SMILES string of the molecule is COCCN(CC(=O)N(Cc1ccccc1)Cc1sccc1C)C(=O)c1cc(OC)cc(OC)c1. The van der Waals surface area contributed by atoms with Crippen LogP contribution in [0.1, 0.15) is 26.4 Å². The van der Waals surface area contributed by atoms with Crippen LogP contribution in [0.25, 0.3) is 0 Å². The molecule has 0 spiro atoms. The van der Waals surface area contributed by atoms with Crippen LogP contribution in [0.2, 0.25) is 0 Å². The Morgan fingerprint density at radius 1 is 0.886 bits per heavy atom. The molecule has 7 nitrogen and oxygen atoms in total. The van der Waals surface area contributed by atoms with Crippen LogP contribution in [0.5, 0.6) is 11.5 Å². The van der Waals surface area contributed by atoms with E-state index in [9.17, 15) is 9.59 Å². The monoisotopic (exact) mass is 496 g/mol. The molecule has 0 unspecified atom stereocenters. The van der Waals surface area contributed by atoms with Gasteiger partial charge in [-0.1, -0.05) is 30.3 Å². The third-order valence-corrected chi connectivity index (χ3v) is 6.66. The molecule has 0 aliphatic rings. The van der Waals surface area contributed by atoms with Crippen molar-refractivity contribution in [3.05, 3.63) is 81.5 Å². The number of thiophene rings is 1. The molecule has 0 atom stereocenters. The van der Waals surface area contributed by atoms with Gasteiger partial charge in [-0.15, -0.1) is 11.3 Å². The van der Waals surface area contributed by atoms with E-state index in [1.54, 1.807) is 41.5 Å². The van der Waals surface area contributed by atoms with Crippen LogP contribution < -0.4 is 9.47 Å². The highest BCUT2D eigenvalue weighted by molar-refractivity contribution is 7.10. The lowest BCUT2D eigenvalue weighted by Crippen LogP contribution is -2.43. The number of methoxy groups -OCH3 is 3. The van der Waals surface area contributed by atoms with Crippen molar-refractivity contribution in [2.75, 3.05) is 41.0 Å². The Balaban J connectivity index is 1.85. The summed E-state index contributed by atoms with van der Waals surface area (Å²) in [6.07, 6.45) is 0. The molecule has 3 rings (SSSR count). The number of hydrogen-bond acceptors (Lipinski definition) is 6. The summed E-state index contributed by atoms with van der Waals surface area (Å²) < 4.78 is 15.8. The molecule has 8 heteroatoms. The molecule has 35 heavy (non-hydrogen) atoms. The third-order valence-electron chi connectivity index (χ3n) is 5.65. The predicted molar refractivity (Wildman–Crippen MR) is 137 cm³/mol. The molecular formula is C27H32N2O5S. The summed E-state index contributed by atoms with van der Waals surface area (Å²) in [4.78, 5) is 31.5. The zero-order chi connectivity index (χ0) is 25.2. The van der Waals surface area contributed by atoms with Gasteiger partial charge in [-0.2, -0.15) is 0 Å². The van der Waals surface area contributed by atoms with E-state index < -0.39 is 0 Å². The van der Waals surface area contributed by atoms with Crippen molar-refractivity contribution in [1.29, 1.82) is 0 Å². The Bertz CT molecular complexity index is 1090. The molecule has 0 N–H and O–H groups in total. The van der Waals surface area contributed by atoms with Crippen molar-refractivity contribution in [2.45, 2.75) is 20.0 Å². The molecule has 0 saturated heterocycles. The molecule has 1 aromatic heterocycles. The molecule has 2 aromatic carbocycles. The van der Waals surface area contributed by atoms with Gasteiger partial charge in [0.2, 0.25) is 5.91 Å². The number of benzene rings is 2. The highest BCUT2D eigenvalue weighted by Crippen LogP contribution is 2.24. The number of rotatable bonds is 12. The zero-order valence-electron chi connectivity index (χ0n) is 20.7. The van der Waals surface area contributed by atoms with Crippen LogP contribution in [0.4, 0.5) is 0 Å². The van der Waals surface area contributed by atoms with Crippen LogP contribution in [0.3, 0.4) is 0 Å². The van der Waals surface area contributed by atoms with Gasteiger partial charge in [0, 0.05) is 36.7 Å². The summed E-state index contributed by atoms with van der Waals surface area (Å²) in [7, 11) is 4.63. The number of nitrogens with zero attached hydrogens (tertiary/aromatic N) is 2. The molecule has 0 aliphatic carbocycles. The number of carbonyl (C=O) groups excluding carboxylic acids is 2. The standard InChI is InChI=1S/C27H32N2O5S/c1-20-10-13-35-25(20)18-29(17-21-8-6-5-7-9-21)26(30)19-28(11-12-32-2)27(31)22-14-23(33-3)16-24(15-22)34-4/h5-10,13-16H,11-12,17-19H2,1-4H3. The van der Waals surface area contributed by atoms with Gasteiger partial charge in [-0.3, -0.25) is 9.59 Å². The Hall–Kier alpha value is -3.36. The van der Waals surface area contributed by atoms with E-state index in [0.29, 0.717) is 36.8 Å². The Kier molecular flexibility index (Phi) is 9.69. The second-order valence-electron chi connectivity index (χ2n) is 8.08. The highest BCUT2D eigenvalue weighted by Gasteiger charge is 2.24. The summed E-state index contributed by atoms with van der Waals surface area (Å²) in [6, 6.07) is 16.9. The van der Waals surface area contributed by atoms with Crippen molar-refractivity contribution >= 4 is 23.2 Å². The molecule has 3 aromatic rings. The number of aryl methyl sites for hydroxylation is 1. The van der Waals surface area contributed by atoms with E-state index in [4.69, 9.17) is 14.2 Å². The highest BCUT2D eigenvalue weighted by atomic mass is 32.1. The van der Waals surface area contributed by atoms with Gasteiger partial charge < -0.3 is 24.0 Å². The van der Waals surface area contributed by atoms with Gasteiger partial charge in [-0.05, 0) is 41.6 Å². The molecule has 0 aliphatic heterocycles. The Morgan fingerprint density at radius 3 is 2.14 bits per heavy atom. The minimum atomic E-state index is -0.292. The summed E-state index contributed by atoms with van der Waals surface area (Å²) in [5, 5.41) is 2.03. The smallest absolute Gasteiger partial charge is 0.254 e. The van der Waals surface area contributed by atoms with E-state index in [-0.39, 0.29) is 24.9 Å². The van der Waals surface area contributed by atoms with Crippen LogP contribution in [0, 0.1) is 6.92 Å². The van der Waals surface area contributed by atoms with E-state index in [0.717, 1.165) is 16.0 Å². The lowest BCUT2D eigenvalue weighted by atomic mass is 10.1. The average molecular weight is 497 g/mol. The molecule has 0 fully saturated rings. The van der Waals surface area contributed by atoms with Crippen LogP contribution in [0.15, 0.2) is 60.0 Å². The maximum Gasteiger partial charge on any atom is 0.254 e. The minimum Gasteiger partial charge on any atom is -0.497 e. The Morgan fingerprint density at radius 2 is 1.57 bits per heavy atom. The molecule has 2 amide bonds. The first-order chi connectivity index (χ1) is 16.9. The first-order valence-electron chi connectivity index (χ1n) is 11.3. The van der Waals surface area contributed by atoms with Crippen LogP contribution in [-0.4, -0.2) is 62.6 Å². The third kappa shape index (κ3) is 7.31. The maximum absolute atomic E-state index is 13.6. The first kappa shape index (κ1) is 26.2. The zero-order valence-corrected chi connectivity index (χ0v) is 21.5. The lowest BCUT2D eigenvalue weighted by Gasteiger charge is -2.28. The fraction of sp³-hybridized carbons (Fsp3) is 0.333. The number of amides is 2. The topological polar surface area (TPSA) is 68.3 Å². The quantitative estimate of drug-likeness (QED) is 0.372. The van der Waals surface area contributed by atoms with Gasteiger partial charge >= 0.3 is 0 Å². The number of hydrogen-bond donors (Lipinski definition) is 0. The van der Waals surface area contributed by atoms with Crippen LogP contribution >= 0.6 is 11.3 Å². The van der Waals surface area contributed by atoms with Gasteiger partial charge in [0.25, 0.3) is 5.91 Å². The van der Waals surface area contributed by atoms with Crippen molar-refractivity contribution in [2.24, 2.45) is 0 Å². The summed E-state index contributed by atoms with van der Waals surface area (Å²) in [5.74, 6) is 0.578. The van der Waals surface area contributed by atoms with E-state index in [1.165, 1.54) is 19.1 Å². The summed E-state index contributed by atoms with van der Waals surface area (Å²) in [6.45, 7) is 3.49. The predicted octanol–water partition coefficient (Wildman–Crippen LogP) is 4.39. The first-order valence-corrected chi connectivity index (χ1v) is 12.2. The average Bonchev–Trinajstić information content (AvgIpc) is 3.29. The van der Waals surface area contributed by atoms with Crippen molar-refractivity contribution in [3.8, 4) is 11.5 Å². The van der Waals surface area contributed by atoms with E-state index in [2.05, 4.69) is 6.07 Å². The lowest BCUT2D eigenvalue weighted by molar-refractivity contribution is -0.133. The van der Waals surface area contributed by atoms with Crippen LogP contribution in [-0.2, 0) is 22.6 Å². The largest absolute Gasteiger partial charge is 0.497 e. The minimum absolute atomic E-state index is 0.0705.